The molecule has 0 aliphatic carbocycles. The zero-order valence-corrected chi connectivity index (χ0v) is 19.2. The molecule has 0 aromatic heterocycles. The van der Waals surface area contributed by atoms with E-state index < -0.39 is 0 Å². The van der Waals surface area contributed by atoms with Crippen molar-refractivity contribution in [3.05, 3.63) is 35.4 Å². The lowest BCUT2D eigenvalue weighted by molar-refractivity contribution is 0.301. The predicted octanol–water partition coefficient (Wildman–Crippen LogP) is 8.97. The fourth-order valence-electron chi connectivity index (χ4n) is 3.67. The van der Waals surface area contributed by atoms with Crippen LogP contribution in [0.4, 0.5) is 0 Å². The molecule has 0 radical (unpaired) electrons. The van der Waals surface area contributed by atoms with E-state index in [1.54, 1.807) is 0 Å². The normalized spacial score (nSPS) is 11.1. The second-order valence-electron chi connectivity index (χ2n) is 7.96. The first kappa shape index (κ1) is 23.9. The van der Waals surface area contributed by atoms with E-state index in [0.29, 0.717) is 11.6 Å². The third kappa shape index (κ3) is 8.46. The van der Waals surface area contributed by atoms with Crippen LogP contribution in [0.3, 0.4) is 0 Å². The zero-order valence-electron chi connectivity index (χ0n) is 18.5. The van der Waals surface area contributed by atoms with Crippen molar-refractivity contribution in [1.29, 1.82) is 0 Å². The molecule has 0 aliphatic heterocycles. The molecule has 0 aliphatic rings. The van der Waals surface area contributed by atoms with Crippen LogP contribution in [0.2, 0.25) is 5.02 Å². The maximum absolute atomic E-state index is 6.58. The fourth-order valence-corrected chi connectivity index (χ4v) is 3.93. The molecule has 0 saturated heterocycles. The van der Waals surface area contributed by atoms with Gasteiger partial charge in [0.1, 0.15) is 11.5 Å². The molecule has 2 aromatic carbocycles. The molecule has 0 spiro atoms. The average Bonchev–Trinajstić information content (AvgIpc) is 2.74. The Morgan fingerprint density at radius 1 is 0.655 bits per heavy atom. The van der Waals surface area contributed by atoms with Gasteiger partial charge >= 0.3 is 0 Å². The summed E-state index contributed by atoms with van der Waals surface area (Å²) in [7, 11) is 0. The van der Waals surface area contributed by atoms with Gasteiger partial charge in [-0.05, 0) is 12.8 Å². The topological polar surface area (TPSA) is 18.5 Å². The lowest BCUT2D eigenvalue weighted by atomic mass is 10.1. The van der Waals surface area contributed by atoms with Gasteiger partial charge in [-0.25, -0.2) is 0 Å². The molecular formula is C26H39ClO2. The summed E-state index contributed by atoms with van der Waals surface area (Å²) < 4.78 is 12.2. The van der Waals surface area contributed by atoms with Crippen molar-refractivity contribution in [3.8, 4) is 11.5 Å². The van der Waals surface area contributed by atoms with Crippen LogP contribution in [0, 0.1) is 0 Å². The average molecular weight is 419 g/mol. The summed E-state index contributed by atoms with van der Waals surface area (Å²) >= 11 is 6.58. The van der Waals surface area contributed by atoms with Gasteiger partial charge < -0.3 is 9.47 Å². The smallest absolute Gasteiger partial charge is 0.145 e. The SMILES string of the molecule is CCCCCCCCOc1cc(Cl)c(OCCCCCCCC)c2ccccc12. The highest BCUT2D eigenvalue weighted by Gasteiger charge is 2.13. The van der Waals surface area contributed by atoms with Crippen molar-refractivity contribution in [3.63, 3.8) is 0 Å². The van der Waals surface area contributed by atoms with Gasteiger partial charge in [0.2, 0.25) is 0 Å². The van der Waals surface area contributed by atoms with Gasteiger partial charge in [-0.2, -0.15) is 0 Å². The second kappa shape index (κ2) is 14.6. The van der Waals surface area contributed by atoms with Crippen LogP contribution in [-0.2, 0) is 0 Å². The molecule has 2 rings (SSSR count). The molecule has 2 aromatic rings. The van der Waals surface area contributed by atoms with Crippen LogP contribution < -0.4 is 9.47 Å². The number of unbranched alkanes of at least 4 members (excludes halogenated alkanes) is 10. The van der Waals surface area contributed by atoms with Crippen LogP contribution in [-0.4, -0.2) is 13.2 Å². The van der Waals surface area contributed by atoms with E-state index in [1.807, 2.05) is 18.2 Å². The van der Waals surface area contributed by atoms with Crippen LogP contribution in [0.5, 0.6) is 11.5 Å². The van der Waals surface area contributed by atoms with E-state index in [-0.39, 0.29) is 0 Å². The lowest BCUT2D eigenvalue weighted by Crippen LogP contribution is -2.01. The molecule has 3 heteroatoms. The first-order valence-electron chi connectivity index (χ1n) is 11.7. The Morgan fingerprint density at radius 3 is 1.79 bits per heavy atom. The number of hydrogen-bond donors (Lipinski definition) is 0. The van der Waals surface area contributed by atoms with Crippen molar-refractivity contribution in [2.75, 3.05) is 13.2 Å². The molecule has 0 N–H and O–H groups in total. The Balaban J connectivity index is 1.89. The number of hydrogen-bond acceptors (Lipinski definition) is 2. The number of benzene rings is 2. The van der Waals surface area contributed by atoms with E-state index >= 15 is 0 Å². The molecule has 2 nitrogen and oxygen atoms in total. The minimum absolute atomic E-state index is 0.646. The van der Waals surface area contributed by atoms with E-state index in [1.165, 1.54) is 64.2 Å². The molecule has 29 heavy (non-hydrogen) atoms. The Morgan fingerprint density at radius 2 is 1.17 bits per heavy atom. The summed E-state index contributed by atoms with van der Waals surface area (Å²) in [5, 5.41) is 2.78. The van der Waals surface area contributed by atoms with Crippen LogP contribution in [0.15, 0.2) is 30.3 Å². The summed E-state index contributed by atoms with van der Waals surface area (Å²) in [4.78, 5) is 0. The molecule has 0 fully saturated rings. The Labute approximate surface area is 182 Å². The van der Waals surface area contributed by atoms with Gasteiger partial charge in [0.05, 0.1) is 18.2 Å². The zero-order chi connectivity index (χ0) is 20.7. The van der Waals surface area contributed by atoms with E-state index in [4.69, 9.17) is 21.1 Å². The summed E-state index contributed by atoms with van der Waals surface area (Å²) in [6.45, 7) is 5.95. The minimum atomic E-state index is 0.646. The van der Waals surface area contributed by atoms with Crippen molar-refractivity contribution in [2.45, 2.75) is 90.9 Å². The standard InChI is InChI=1S/C26H39ClO2/c1-3-5-7-9-11-15-19-28-25-21-24(27)26(23-18-14-13-17-22(23)25)29-20-16-12-10-8-6-4-2/h13-14,17-18,21H,3-12,15-16,19-20H2,1-2H3. The van der Waals surface area contributed by atoms with E-state index in [2.05, 4.69) is 26.0 Å². The molecule has 0 heterocycles. The van der Waals surface area contributed by atoms with Crippen LogP contribution in [0.1, 0.15) is 90.9 Å². The Bertz CT molecular complexity index is 698. The number of ether oxygens (including phenoxy) is 2. The van der Waals surface area contributed by atoms with Crippen LogP contribution in [0.25, 0.3) is 10.8 Å². The number of fused-ring (bicyclic) bond motifs is 1. The third-order valence-corrected chi connectivity index (χ3v) is 5.69. The molecule has 0 atom stereocenters. The summed E-state index contributed by atoms with van der Waals surface area (Å²) in [5.41, 5.74) is 0. The lowest BCUT2D eigenvalue weighted by Gasteiger charge is -2.15. The van der Waals surface area contributed by atoms with Crippen LogP contribution >= 0.6 is 11.6 Å². The van der Waals surface area contributed by atoms with Crippen molar-refractivity contribution in [1.82, 2.24) is 0 Å². The monoisotopic (exact) mass is 418 g/mol. The van der Waals surface area contributed by atoms with E-state index in [0.717, 1.165) is 41.7 Å². The number of rotatable bonds is 16. The van der Waals surface area contributed by atoms with Gasteiger partial charge in [0, 0.05) is 16.8 Å². The molecule has 0 saturated carbocycles. The van der Waals surface area contributed by atoms with Gasteiger partial charge in [-0.15, -0.1) is 0 Å². The maximum atomic E-state index is 6.58. The highest BCUT2D eigenvalue weighted by molar-refractivity contribution is 6.33. The maximum Gasteiger partial charge on any atom is 0.145 e. The predicted molar refractivity (Wildman–Crippen MR) is 127 cm³/mol. The molecule has 0 bridgehead atoms. The third-order valence-electron chi connectivity index (χ3n) is 5.41. The number of halogens is 1. The Kier molecular flexibility index (Phi) is 12.0. The highest BCUT2D eigenvalue weighted by atomic mass is 35.5. The first-order chi connectivity index (χ1) is 14.3. The molecule has 0 unspecified atom stereocenters. The Hall–Kier alpha value is -1.41. The molecular weight excluding hydrogens is 380 g/mol. The van der Waals surface area contributed by atoms with Crippen molar-refractivity contribution >= 4 is 22.4 Å². The summed E-state index contributed by atoms with van der Waals surface area (Å²) in [6.07, 6.45) is 15.1. The van der Waals surface area contributed by atoms with Gasteiger partial charge in [0.25, 0.3) is 0 Å². The van der Waals surface area contributed by atoms with Crippen molar-refractivity contribution in [2.24, 2.45) is 0 Å². The second-order valence-corrected chi connectivity index (χ2v) is 8.37. The van der Waals surface area contributed by atoms with E-state index in [9.17, 15) is 0 Å². The quantitative estimate of drug-likeness (QED) is 0.253. The highest BCUT2D eigenvalue weighted by Crippen LogP contribution is 2.39. The summed E-state index contributed by atoms with van der Waals surface area (Å²) in [6, 6.07) is 10.2. The minimum Gasteiger partial charge on any atom is -0.493 e. The fraction of sp³-hybridized carbons (Fsp3) is 0.615. The van der Waals surface area contributed by atoms with Gasteiger partial charge in [-0.1, -0.05) is 114 Å². The first-order valence-corrected chi connectivity index (χ1v) is 12.1. The largest absolute Gasteiger partial charge is 0.493 e. The van der Waals surface area contributed by atoms with Gasteiger partial charge in [0.15, 0.2) is 0 Å². The molecule has 162 valence electrons. The summed E-state index contributed by atoms with van der Waals surface area (Å²) in [5.74, 6) is 1.66. The molecule has 0 amide bonds. The van der Waals surface area contributed by atoms with Gasteiger partial charge in [-0.3, -0.25) is 0 Å². The van der Waals surface area contributed by atoms with Crippen molar-refractivity contribution < 1.29 is 9.47 Å².